The molecule has 0 saturated heterocycles. The van der Waals surface area contributed by atoms with E-state index in [0.717, 1.165) is 17.9 Å². The number of rotatable bonds is 8. The van der Waals surface area contributed by atoms with E-state index in [2.05, 4.69) is 13.8 Å². The molecule has 0 radical (unpaired) electrons. The second-order valence-electron chi connectivity index (χ2n) is 4.09. The zero-order valence-corrected chi connectivity index (χ0v) is 10.1. The van der Waals surface area contributed by atoms with Gasteiger partial charge in [0.25, 0.3) is 0 Å². The van der Waals surface area contributed by atoms with Gasteiger partial charge in [-0.25, -0.2) is 0 Å². The van der Waals surface area contributed by atoms with Crippen molar-refractivity contribution in [3.05, 3.63) is 23.7 Å². The summed E-state index contributed by atoms with van der Waals surface area (Å²) >= 11 is 0. The maximum absolute atomic E-state index is 5.51. The van der Waals surface area contributed by atoms with E-state index < -0.39 is 0 Å². The van der Waals surface area contributed by atoms with E-state index in [9.17, 15) is 0 Å². The van der Waals surface area contributed by atoms with Crippen molar-refractivity contribution in [3.8, 4) is 0 Å². The second kappa shape index (κ2) is 7.44. The lowest BCUT2D eigenvalue weighted by Crippen LogP contribution is -2.09. The van der Waals surface area contributed by atoms with E-state index >= 15 is 0 Å². The Balaban J connectivity index is 2.07. The third kappa shape index (κ3) is 4.79. The highest BCUT2D eigenvalue weighted by atomic mass is 16.5. The highest BCUT2D eigenvalue weighted by molar-refractivity contribution is 5.15. The number of nitrogens with two attached hydrogens (primary N) is 1. The van der Waals surface area contributed by atoms with Crippen LogP contribution in [-0.2, 0) is 22.6 Å². The van der Waals surface area contributed by atoms with E-state index in [4.69, 9.17) is 19.6 Å². The van der Waals surface area contributed by atoms with Crippen LogP contribution in [0.5, 0.6) is 0 Å². The zero-order valence-electron chi connectivity index (χ0n) is 10.1. The number of ether oxygens (including phenoxy) is 2. The van der Waals surface area contributed by atoms with Crippen molar-refractivity contribution >= 4 is 0 Å². The van der Waals surface area contributed by atoms with Crippen LogP contribution in [0, 0.1) is 5.92 Å². The fourth-order valence-corrected chi connectivity index (χ4v) is 1.29. The normalized spacial score (nSPS) is 11.2. The minimum absolute atomic E-state index is 0.412. The molecule has 0 aromatic carbocycles. The molecule has 0 fully saturated rings. The quantitative estimate of drug-likeness (QED) is 0.689. The average molecular weight is 227 g/mol. The van der Waals surface area contributed by atoms with Gasteiger partial charge < -0.3 is 19.6 Å². The summed E-state index contributed by atoms with van der Waals surface area (Å²) in [5.41, 5.74) is 6.53. The molecule has 1 aromatic rings. The Kier molecular flexibility index (Phi) is 6.15. The summed E-state index contributed by atoms with van der Waals surface area (Å²) in [6.07, 6.45) is 1.64. The monoisotopic (exact) mass is 227 g/mol. The molecule has 16 heavy (non-hydrogen) atoms. The van der Waals surface area contributed by atoms with Crippen molar-refractivity contribution in [2.45, 2.75) is 27.0 Å². The molecule has 0 unspecified atom stereocenters. The molecule has 0 saturated carbocycles. The van der Waals surface area contributed by atoms with Gasteiger partial charge in [0, 0.05) is 12.2 Å². The summed E-state index contributed by atoms with van der Waals surface area (Å²) in [5.74, 6) is 1.36. The first-order valence-corrected chi connectivity index (χ1v) is 5.64. The lowest BCUT2D eigenvalue weighted by molar-refractivity contribution is 0.0311. The van der Waals surface area contributed by atoms with E-state index in [0.29, 0.717) is 32.3 Å². The third-order valence-electron chi connectivity index (χ3n) is 2.10. The molecule has 0 bridgehead atoms. The maximum atomic E-state index is 5.51. The maximum Gasteiger partial charge on any atom is 0.122 e. The highest BCUT2D eigenvalue weighted by Crippen LogP contribution is 2.10. The van der Waals surface area contributed by atoms with Crippen LogP contribution in [0.15, 0.2) is 16.7 Å². The zero-order chi connectivity index (χ0) is 11.8. The van der Waals surface area contributed by atoms with E-state index in [1.54, 1.807) is 6.26 Å². The summed E-state index contributed by atoms with van der Waals surface area (Å²) in [7, 11) is 0. The molecule has 0 spiro atoms. The molecule has 1 heterocycles. The summed E-state index contributed by atoms with van der Waals surface area (Å²) in [6, 6.07) is 1.89. The van der Waals surface area contributed by atoms with Crippen molar-refractivity contribution in [2.75, 3.05) is 19.8 Å². The minimum atomic E-state index is 0.412. The molecule has 1 rings (SSSR count). The van der Waals surface area contributed by atoms with Crippen LogP contribution < -0.4 is 5.73 Å². The Morgan fingerprint density at radius 3 is 2.75 bits per heavy atom. The summed E-state index contributed by atoms with van der Waals surface area (Å²) in [6.45, 7) is 7.21. The molecule has 0 aliphatic heterocycles. The van der Waals surface area contributed by atoms with E-state index in [-0.39, 0.29) is 0 Å². The van der Waals surface area contributed by atoms with Crippen molar-refractivity contribution in [3.63, 3.8) is 0 Å². The van der Waals surface area contributed by atoms with Gasteiger partial charge in [-0.2, -0.15) is 0 Å². The molecule has 0 atom stereocenters. The van der Waals surface area contributed by atoms with Crippen LogP contribution in [0.1, 0.15) is 25.2 Å². The van der Waals surface area contributed by atoms with Crippen LogP contribution in [0.3, 0.4) is 0 Å². The Morgan fingerprint density at radius 2 is 2.06 bits per heavy atom. The van der Waals surface area contributed by atoms with Gasteiger partial charge in [0.1, 0.15) is 5.76 Å². The molecule has 0 aliphatic carbocycles. The van der Waals surface area contributed by atoms with Gasteiger partial charge in [-0.15, -0.1) is 0 Å². The second-order valence-corrected chi connectivity index (χ2v) is 4.09. The van der Waals surface area contributed by atoms with Crippen molar-refractivity contribution in [1.29, 1.82) is 0 Å². The highest BCUT2D eigenvalue weighted by Gasteiger charge is 2.03. The van der Waals surface area contributed by atoms with Crippen molar-refractivity contribution < 1.29 is 13.9 Å². The third-order valence-corrected chi connectivity index (χ3v) is 2.10. The molecule has 0 aliphatic rings. The van der Waals surface area contributed by atoms with Crippen LogP contribution in [-0.4, -0.2) is 19.8 Å². The fraction of sp³-hybridized carbons (Fsp3) is 0.667. The molecule has 4 heteroatoms. The van der Waals surface area contributed by atoms with Crippen LogP contribution in [0.4, 0.5) is 0 Å². The first-order valence-electron chi connectivity index (χ1n) is 5.64. The summed E-state index contributed by atoms with van der Waals surface area (Å²) in [5, 5.41) is 0. The molecule has 2 N–H and O–H groups in total. The van der Waals surface area contributed by atoms with Gasteiger partial charge in [-0.3, -0.25) is 0 Å². The van der Waals surface area contributed by atoms with Gasteiger partial charge in [0.2, 0.25) is 0 Å². The molecular weight excluding hydrogens is 206 g/mol. The molecule has 0 amide bonds. The predicted molar refractivity (Wildman–Crippen MR) is 61.9 cm³/mol. The van der Waals surface area contributed by atoms with Gasteiger partial charge in [-0.05, 0) is 12.0 Å². The number of furan rings is 1. The first kappa shape index (κ1) is 13.2. The van der Waals surface area contributed by atoms with Gasteiger partial charge in [0.15, 0.2) is 0 Å². The minimum Gasteiger partial charge on any atom is -0.468 e. The van der Waals surface area contributed by atoms with Gasteiger partial charge >= 0.3 is 0 Å². The van der Waals surface area contributed by atoms with Crippen molar-refractivity contribution in [1.82, 2.24) is 0 Å². The molecule has 1 aromatic heterocycles. The first-order chi connectivity index (χ1) is 7.74. The van der Waals surface area contributed by atoms with Crippen LogP contribution in [0.2, 0.25) is 0 Å². The van der Waals surface area contributed by atoms with Crippen molar-refractivity contribution in [2.24, 2.45) is 11.7 Å². The average Bonchev–Trinajstić information content (AvgIpc) is 2.70. The lowest BCUT2D eigenvalue weighted by Gasteiger charge is -2.07. The number of hydrogen-bond donors (Lipinski definition) is 1. The lowest BCUT2D eigenvalue weighted by atomic mass is 10.2. The Labute approximate surface area is 96.7 Å². The largest absolute Gasteiger partial charge is 0.468 e. The fourth-order valence-electron chi connectivity index (χ4n) is 1.29. The predicted octanol–water partition coefficient (Wildman–Crippen LogP) is 1.93. The van der Waals surface area contributed by atoms with E-state index in [1.807, 2.05) is 6.07 Å². The Hall–Kier alpha value is -0.840. The Bertz CT molecular complexity index is 284. The molecule has 92 valence electrons. The van der Waals surface area contributed by atoms with Gasteiger partial charge in [0.05, 0.1) is 32.6 Å². The van der Waals surface area contributed by atoms with Crippen LogP contribution in [0.25, 0.3) is 0 Å². The standard InChI is InChI=1S/C12H21NO3/c1-10(2)8-14-5-6-15-9-11-3-4-16-12(11)7-13/h3-4,10H,5-9,13H2,1-2H3. The summed E-state index contributed by atoms with van der Waals surface area (Å²) < 4.78 is 16.0. The van der Waals surface area contributed by atoms with Crippen LogP contribution >= 0.6 is 0 Å². The topological polar surface area (TPSA) is 57.6 Å². The molecular formula is C12H21NO3. The van der Waals surface area contributed by atoms with E-state index in [1.165, 1.54) is 0 Å². The smallest absolute Gasteiger partial charge is 0.122 e. The van der Waals surface area contributed by atoms with Gasteiger partial charge in [-0.1, -0.05) is 13.8 Å². The number of hydrogen-bond acceptors (Lipinski definition) is 4. The summed E-state index contributed by atoms with van der Waals surface area (Å²) in [4.78, 5) is 0. The SMILES string of the molecule is CC(C)COCCOCc1ccoc1CN. The Morgan fingerprint density at radius 1 is 1.31 bits per heavy atom. The molecule has 4 nitrogen and oxygen atoms in total.